The van der Waals surface area contributed by atoms with E-state index in [1.807, 2.05) is 0 Å². The van der Waals surface area contributed by atoms with Crippen LogP contribution in [-0.2, 0) is 0 Å². The summed E-state index contributed by atoms with van der Waals surface area (Å²) >= 11 is 12.4. The van der Waals surface area contributed by atoms with Crippen molar-refractivity contribution in [1.82, 2.24) is 0 Å². The first-order chi connectivity index (χ1) is 7.29. The Morgan fingerprint density at radius 3 is 1.11 bits per heavy atom. The smallest absolute Gasteiger partial charge is 1.00 e. The topological polar surface area (TPSA) is 74.6 Å². The maximum absolute atomic E-state index is 11.0. The third-order valence-corrected chi connectivity index (χ3v) is 6.46. The molecule has 18 heavy (non-hydrogen) atoms. The van der Waals surface area contributed by atoms with Gasteiger partial charge in [-0.25, -0.2) is 9.59 Å². The van der Waals surface area contributed by atoms with Gasteiger partial charge in [-0.15, -0.1) is 0 Å². The second-order valence-corrected chi connectivity index (χ2v) is 5.79. The maximum Gasteiger partial charge on any atom is 1.00 e. The van der Waals surface area contributed by atoms with Gasteiger partial charge in [-0.1, -0.05) is 0 Å². The molecule has 1 rings (SSSR count). The fourth-order valence-electron chi connectivity index (χ4n) is 1.03. The van der Waals surface area contributed by atoms with E-state index >= 15 is 0 Å². The minimum atomic E-state index is -1.32. The molecule has 90 valence electrons. The molecule has 0 saturated heterocycles. The van der Waals surface area contributed by atoms with Crippen molar-refractivity contribution in [2.45, 2.75) is 0 Å². The van der Waals surface area contributed by atoms with Crippen LogP contribution in [0.15, 0.2) is 17.9 Å². The number of benzene rings is 1. The van der Waals surface area contributed by atoms with E-state index in [4.69, 9.17) is 10.2 Å². The van der Waals surface area contributed by atoms with E-state index in [2.05, 4.69) is 63.7 Å². The van der Waals surface area contributed by atoms with Crippen LogP contribution < -0.4 is 59.1 Å². The van der Waals surface area contributed by atoms with Gasteiger partial charge in [0.15, 0.2) is 0 Å². The summed E-state index contributed by atoms with van der Waals surface area (Å²) in [6, 6.07) is 0. The van der Waals surface area contributed by atoms with E-state index in [1.54, 1.807) is 0 Å². The van der Waals surface area contributed by atoms with Crippen LogP contribution in [0.5, 0.6) is 0 Å². The second kappa shape index (κ2) is 9.17. The zero-order chi connectivity index (χ0) is 12.6. The van der Waals surface area contributed by atoms with Crippen LogP contribution in [0.1, 0.15) is 23.6 Å². The molecular formula is C8H4Br4Na2O4. The van der Waals surface area contributed by atoms with E-state index in [-0.39, 0.29) is 82.0 Å². The molecule has 0 unspecified atom stereocenters. The first-order valence-corrected chi connectivity index (χ1v) is 6.78. The zero-order valence-corrected chi connectivity index (χ0v) is 19.6. The van der Waals surface area contributed by atoms with Crippen LogP contribution in [0.3, 0.4) is 0 Å². The molecule has 0 aliphatic rings. The molecule has 0 saturated carbocycles. The van der Waals surface area contributed by atoms with E-state index in [1.165, 1.54) is 0 Å². The Kier molecular flexibility index (Phi) is 11.4. The van der Waals surface area contributed by atoms with Gasteiger partial charge in [-0.2, -0.15) is 0 Å². The number of halogens is 4. The maximum atomic E-state index is 11.0. The van der Waals surface area contributed by atoms with Gasteiger partial charge in [0.05, 0.1) is 11.1 Å². The van der Waals surface area contributed by atoms with Crippen molar-refractivity contribution in [3.05, 3.63) is 29.0 Å². The molecule has 0 bridgehead atoms. The summed E-state index contributed by atoms with van der Waals surface area (Å²) in [7, 11) is 0. The Morgan fingerprint density at radius 2 is 0.944 bits per heavy atom. The molecule has 0 aliphatic heterocycles. The molecular weight excluding hydrogens is 526 g/mol. The molecule has 4 nitrogen and oxygen atoms in total. The van der Waals surface area contributed by atoms with Crippen molar-refractivity contribution in [1.29, 1.82) is 0 Å². The van der Waals surface area contributed by atoms with E-state index < -0.39 is 11.9 Å². The van der Waals surface area contributed by atoms with Gasteiger partial charge in [0.2, 0.25) is 0 Å². The predicted octanol–water partition coefficient (Wildman–Crippen LogP) is -1.63. The molecule has 0 radical (unpaired) electrons. The summed E-state index contributed by atoms with van der Waals surface area (Å²) in [5.41, 5.74) is -0.621. The molecule has 0 heterocycles. The molecule has 1 aromatic carbocycles. The average molecular weight is 530 g/mol. The van der Waals surface area contributed by atoms with E-state index in [0.29, 0.717) is 8.95 Å². The van der Waals surface area contributed by atoms with Crippen molar-refractivity contribution in [2.75, 3.05) is 0 Å². The van der Waals surface area contributed by atoms with Crippen LogP contribution in [-0.4, -0.2) is 22.2 Å². The van der Waals surface area contributed by atoms with Gasteiger partial charge < -0.3 is 13.1 Å². The summed E-state index contributed by atoms with van der Waals surface area (Å²) in [4.78, 5) is 22.0. The Labute approximate surface area is 183 Å². The van der Waals surface area contributed by atoms with Crippen LogP contribution in [0.25, 0.3) is 0 Å². The zero-order valence-electron chi connectivity index (χ0n) is 11.2. The summed E-state index contributed by atoms with van der Waals surface area (Å²) in [6.07, 6.45) is 0. The minimum absolute atomic E-state index is 0. The monoisotopic (exact) mass is 526 g/mol. The normalized spacial score (nSPS) is 9.11. The minimum Gasteiger partial charge on any atom is -1.00 e. The number of aromatic carboxylic acids is 2. The van der Waals surface area contributed by atoms with E-state index in [0.717, 1.165) is 0 Å². The van der Waals surface area contributed by atoms with Gasteiger partial charge in [-0.05, 0) is 63.7 Å². The fraction of sp³-hybridized carbons (Fsp3) is 0. The summed E-state index contributed by atoms with van der Waals surface area (Å²) in [5.74, 6) is -2.64. The largest absolute Gasteiger partial charge is 1.00 e. The standard InChI is InChI=1S/C8H2Br4O4.2Na.2H/c9-3-1(7(13)14)2(8(15)16)4(10)6(12)5(3)11;;;;/h(H,13,14)(H,15,16);;;;/q;2*+1;2*-1. The molecule has 0 aromatic heterocycles. The van der Waals surface area contributed by atoms with Crippen LogP contribution >= 0.6 is 63.7 Å². The molecule has 0 fully saturated rings. The quantitative estimate of drug-likeness (QED) is 0.274. The van der Waals surface area contributed by atoms with Crippen molar-refractivity contribution >= 4 is 75.7 Å². The first-order valence-electron chi connectivity index (χ1n) is 3.61. The third kappa shape index (κ3) is 4.54. The first kappa shape index (κ1) is 22.4. The molecule has 10 heteroatoms. The van der Waals surface area contributed by atoms with Crippen molar-refractivity contribution in [3.8, 4) is 0 Å². The van der Waals surface area contributed by atoms with Gasteiger partial charge in [0.1, 0.15) is 0 Å². The van der Waals surface area contributed by atoms with Crippen molar-refractivity contribution < 1.29 is 81.8 Å². The van der Waals surface area contributed by atoms with Gasteiger partial charge >= 0.3 is 71.1 Å². The third-order valence-electron chi connectivity index (χ3n) is 1.69. The summed E-state index contributed by atoms with van der Waals surface area (Å²) in [5, 5.41) is 18.0. The van der Waals surface area contributed by atoms with Gasteiger partial charge in [0, 0.05) is 17.9 Å². The number of hydrogen-bond acceptors (Lipinski definition) is 2. The second-order valence-electron chi connectivity index (χ2n) is 2.62. The number of rotatable bonds is 2. The number of carboxylic acids is 2. The van der Waals surface area contributed by atoms with E-state index in [9.17, 15) is 9.59 Å². The van der Waals surface area contributed by atoms with Crippen LogP contribution in [0.4, 0.5) is 0 Å². The van der Waals surface area contributed by atoms with Gasteiger partial charge in [-0.3, -0.25) is 0 Å². The average Bonchev–Trinajstić information content (AvgIpc) is 2.18. The number of carboxylic acid groups (broad SMARTS) is 2. The Balaban J connectivity index is -0.000000320. The van der Waals surface area contributed by atoms with Crippen LogP contribution in [0.2, 0.25) is 0 Å². The molecule has 0 atom stereocenters. The Bertz CT molecular complexity index is 471. The molecule has 1 aromatic rings. The molecule has 0 amide bonds. The summed E-state index contributed by atoms with van der Waals surface area (Å²) < 4.78 is 1.21. The number of hydrogen-bond donors (Lipinski definition) is 2. The fourth-order valence-corrected chi connectivity index (χ4v) is 3.49. The molecule has 0 spiro atoms. The molecule has 2 N–H and O–H groups in total. The summed E-state index contributed by atoms with van der Waals surface area (Å²) in [6.45, 7) is 0. The molecule has 0 aliphatic carbocycles. The van der Waals surface area contributed by atoms with Crippen LogP contribution in [0, 0.1) is 0 Å². The van der Waals surface area contributed by atoms with Crippen molar-refractivity contribution in [3.63, 3.8) is 0 Å². The van der Waals surface area contributed by atoms with Gasteiger partial charge in [0.25, 0.3) is 0 Å². The Hall–Kier alpha value is 2.08. The van der Waals surface area contributed by atoms with Crippen molar-refractivity contribution in [2.24, 2.45) is 0 Å². The number of carbonyl (C=O) groups is 2. The Morgan fingerprint density at radius 1 is 0.722 bits per heavy atom. The SMILES string of the molecule is O=C(O)c1c(Br)c(Br)c(Br)c(Br)c1C(=O)O.[H-].[H-].[Na+].[Na+]. The predicted molar refractivity (Wildman–Crippen MR) is 73.4 cm³/mol.